The molecule has 0 radical (unpaired) electrons. The molecule has 0 saturated carbocycles. The molecule has 0 saturated heterocycles. The minimum Gasteiger partial charge on any atom is -0.310 e. The summed E-state index contributed by atoms with van der Waals surface area (Å²) in [5, 5.41) is 3.30. The van der Waals surface area contributed by atoms with Crippen molar-refractivity contribution in [1.29, 1.82) is 0 Å². The zero-order valence-electron chi connectivity index (χ0n) is 14.9. The Morgan fingerprint density at radius 3 is 2.00 bits per heavy atom. The summed E-state index contributed by atoms with van der Waals surface area (Å²) in [5.74, 6) is 0. The van der Waals surface area contributed by atoms with Gasteiger partial charge in [0, 0.05) is 13.1 Å². The number of hydrogen-bond donors (Lipinski definition) is 1. The molecule has 0 spiro atoms. The Morgan fingerprint density at radius 1 is 0.821 bits per heavy atom. The van der Waals surface area contributed by atoms with Crippen molar-refractivity contribution in [2.24, 2.45) is 0 Å². The molecule has 3 rings (SSSR count). The molecule has 0 aliphatic carbocycles. The van der Waals surface area contributed by atoms with E-state index < -0.39 is 16.2 Å². The van der Waals surface area contributed by atoms with Gasteiger partial charge in [-0.3, -0.25) is 4.18 Å². The Hall–Kier alpha value is -1.89. The van der Waals surface area contributed by atoms with Crippen molar-refractivity contribution in [3.8, 4) is 0 Å². The first-order valence-corrected chi connectivity index (χ1v) is 10.8. The van der Waals surface area contributed by atoms with E-state index in [1.807, 2.05) is 60.7 Å². The standard InChI is InChI=1S/C21H19Cl2NO3S/c22-18-12-7-13-19(23)21(18)28(25,26)27-20(17-10-5-2-6-11-17)15-24-14-16-8-3-1-4-9-16/h1-13,20,24H,14-15H2. The maximum Gasteiger partial charge on any atom is 0.300 e. The van der Waals surface area contributed by atoms with Crippen LogP contribution in [0.1, 0.15) is 17.2 Å². The quantitative estimate of drug-likeness (QED) is 0.492. The summed E-state index contributed by atoms with van der Waals surface area (Å²) >= 11 is 12.1. The molecule has 0 aliphatic heterocycles. The average molecular weight is 436 g/mol. The van der Waals surface area contributed by atoms with Gasteiger partial charge < -0.3 is 5.32 Å². The number of nitrogens with one attached hydrogen (secondary N) is 1. The fourth-order valence-electron chi connectivity index (χ4n) is 2.74. The van der Waals surface area contributed by atoms with Crippen molar-refractivity contribution in [2.45, 2.75) is 17.5 Å². The van der Waals surface area contributed by atoms with E-state index in [-0.39, 0.29) is 14.9 Å². The molecule has 0 bridgehead atoms. The van der Waals surface area contributed by atoms with Gasteiger partial charge in [0.2, 0.25) is 0 Å². The first-order chi connectivity index (χ1) is 13.5. The Labute approximate surface area is 175 Å². The Kier molecular flexibility index (Phi) is 7.10. The summed E-state index contributed by atoms with van der Waals surface area (Å²) in [4.78, 5) is -0.220. The van der Waals surface area contributed by atoms with Crippen LogP contribution >= 0.6 is 23.2 Å². The molecule has 146 valence electrons. The minimum atomic E-state index is -4.17. The fraction of sp³-hybridized carbons (Fsp3) is 0.143. The molecule has 1 atom stereocenters. The van der Waals surface area contributed by atoms with Gasteiger partial charge in [-0.15, -0.1) is 0 Å². The summed E-state index contributed by atoms with van der Waals surface area (Å²) < 4.78 is 31.3. The van der Waals surface area contributed by atoms with E-state index in [1.165, 1.54) is 12.1 Å². The van der Waals surface area contributed by atoms with E-state index in [0.717, 1.165) is 11.1 Å². The van der Waals surface area contributed by atoms with Gasteiger partial charge in [0.05, 0.1) is 10.0 Å². The Bertz CT molecular complexity index is 992. The molecule has 3 aromatic rings. The minimum absolute atomic E-state index is 0.0246. The van der Waals surface area contributed by atoms with Crippen LogP contribution in [-0.4, -0.2) is 15.0 Å². The number of halogens is 2. The molecule has 4 nitrogen and oxygen atoms in total. The highest BCUT2D eigenvalue weighted by Gasteiger charge is 2.27. The monoisotopic (exact) mass is 435 g/mol. The van der Waals surface area contributed by atoms with Crippen LogP contribution in [0.5, 0.6) is 0 Å². The molecular weight excluding hydrogens is 417 g/mol. The smallest absolute Gasteiger partial charge is 0.300 e. The largest absolute Gasteiger partial charge is 0.310 e. The second kappa shape index (κ2) is 9.54. The highest BCUT2D eigenvalue weighted by molar-refractivity contribution is 7.87. The second-order valence-corrected chi connectivity index (χ2v) is 8.44. The third-order valence-electron chi connectivity index (χ3n) is 4.08. The maximum atomic E-state index is 12.9. The molecule has 0 heterocycles. The molecule has 0 amide bonds. The third kappa shape index (κ3) is 5.34. The molecule has 0 aliphatic rings. The molecule has 0 fully saturated rings. The van der Waals surface area contributed by atoms with Gasteiger partial charge in [-0.05, 0) is 23.3 Å². The van der Waals surface area contributed by atoms with Crippen molar-refractivity contribution in [3.63, 3.8) is 0 Å². The SMILES string of the molecule is O=S(=O)(OC(CNCc1ccccc1)c1ccccc1)c1c(Cl)cccc1Cl. The van der Waals surface area contributed by atoms with Gasteiger partial charge in [0.1, 0.15) is 11.0 Å². The van der Waals surface area contributed by atoms with E-state index in [9.17, 15) is 8.42 Å². The second-order valence-electron chi connectivity index (χ2n) is 6.12. The first-order valence-electron chi connectivity index (χ1n) is 8.64. The number of benzene rings is 3. The van der Waals surface area contributed by atoms with Gasteiger partial charge >= 0.3 is 10.1 Å². The number of hydrogen-bond acceptors (Lipinski definition) is 4. The summed E-state index contributed by atoms with van der Waals surface area (Å²) in [6.07, 6.45) is -0.734. The topological polar surface area (TPSA) is 55.4 Å². The van der Waals surface area contributed by atoms with Crippen LogP contribution < -0.4 is 5.32 Å². The van der Waals surface area contributed by atoms with Crippen molar-refractivity contribution in [2.75, 3.05) is 6.54 Å². The summed E-state index contributed by atoms with van der Waals surface area (Å²) in [5.41, 5.74) is 1.82. The maximum absolute atomic E-state index is 12.9. The lowest BCUT2D eigenvalue weighted by molar-refractivity contribution is 0.208. The third-order valence-corrected chi connectivity index (χ3v) is 6.36. The summed E-state index contributed by atoms with van der Waals surface area (Å²) in [6, 6.07) is 23.5. The predicted octanol–water partition coefficient (Wildman–Crippen LogP) is 5.23. The Morgan fingerprint density at radius 2 is 1.39 bits per heavy atom. The van der Waals surface area contributed by atoms with Gasteiger partial charge in [-0.25, -0.2) is 0 Å². The van der Waals surface area contributed by atoms with Crippen LogP contribution in [-0.2, 0) is 20.8 Å². The fourth-order valence-corrected chi connectivity index (χ4v) is 4.90. The van der Waals surface area contributed by atoms with E-state index in [1.54, 1.807) is 6.07 Å². The van der Waals surface area contributed by atoms with Crippen LogP contribution in [0.15, 0.2) is 83.8 Å². The van der Waals surface area contributed by atoms with Crippen molar-refractivity contribution >= 4 is 33.3 Å². The molecule has 28 heavy (non-hydrogen) atoms. The molecule has 1 N–H and O–H groups in total. The normalized spacial score (nSPS) is 12.6. The summed E-state index contributed by atoms with van der Waals surface area (Å²) in [7, 11) is -4.17. The van der Waals surface area contributed by atoms with Crippen LogP contribution in [0, 0.1) is 0 Å². The van der Waals surface area contributed by atoms with E-state index in [2.05, 4.69) is 5.32 Å². The highest BCUT2D eigenvalue weighted by atomic mass is 35.5. The average Bonchev–Trinajstić information content (AvgIpc) is 2.68. The molecule has 1 unspecified atom stereocenters. The van der Waals surface area contributed by atoms with Gasteiger partial charge in [0.25, 0.3) is 0 Å². The van der Waals surface area contributed by atoms with Crippen LogP contribution in [0.25, 0.3) is 0 Å². The lowest BCUT2D eigenvalue weighted by Gasteiger charge is -2.19. The highest BCUT2D eigenvalue weighted by Crippen LogP contribution is 2.33. The van der Waals surface area contributed by atoms with Gasteiger partial charge in [-0.1, -0.05) is 89.9 Å². The van der Waals surface area contributed by atoms with E-state index in [4.69, 9.17) is 27.4 Å². The van der Waals surface area contributed by atoms with Crippen LogP contribution in [0.2, 0.25) is 10.0 Å². The summed E-state index contributed by atoms with van der Waals surface area (Å²) in [6.45, 7) is 0.876. The zero-order valence-corrected chi connectivity index (χ0v) is 17.2. The van der Waals surface area contributed by atoms with E-state index in [0.29, 0.717) is 13.1 Å². The molecule has 0 aromatic heterocycles. The van der Waals surface area contributed by atoms with Crippen LogP contribution in [0.4, 0.5) is 0 Å². The van der Waals surface area contributed by atoms with Gasteiger partial charge in [0.15, 0.2) is 0 Å². The van der Waals surface area contributed by atoms with Crippen molar-refractivity contribution < 1.29 is 12.6 Å². The zero-order chi connectivity index (χ0) is 20.0. The lowest BCUT2D eigenvalue weighted by atomic mass is 10.1. The van der Waals surface area contributed by atoms with Crippen LogP contribution in [0.3, 0.4) is 0 Å². The molecule has 7 heteroatoms. The van der Waals surface area contributed by atoms with Gasteiger partial charge in [-0.2, -0.15) is 8.42 Å². The lowest BCUT2D eigenvalue weighted by Crippen LogP contribution is -2.25. The predicted molar refractivity (Wildman–Crippen MR) is 112 cm³/mol. The molecule has 3 aromatic carbocycles. The van der Waals surface area contributed by atoms with E-state index >= 15 is 0 Å². The van der Waals surface area contributed by atoms with Crippen molar-refractivity contribution in [1.82, 2.24) is 5.32 Å². The molecular formula is C21H19Cl2NO3S. The Balaban J connectivity index is 1.81. The van der Waals surface area contributed by atoms with Crippen molar-refractivity contribution in [3.05, 3.63) is 100 Å². The number of rotatable bonds is 8. The first kappa shape index (κ1) is 20.8.